The average molecular weight is 429 g/mol. The molecule has 1 heterocycles. The summed E-state index contributed by atoms with van der Waals surface area (Å²) in [4.78, 5) is 19.2. The SMILES string of the molecule is CC[C@@H](C)N(Cc1csc(COc2ccccc2OC)n1)C(=O)c1ccccc1F. The molecule has 1 aromatic heterocycles. The first-order valence-electron chi connectivity index (χ1n) is 9.78. The van der Waals surface area contributed by atoms with E-state index in [-0.39, 0.29) is 17.5 Å². The van der Waals surface area contributed by atoms with Crippen molar-refractivity contribution in [3.8, 4) is 11.5 Å². The summed E-state index contributed by atoms with van der Waals surface area (Å²) in [5.74, 6) is 0.461. The first-order chi connectivity index (χ1) is 14.5. The number of halogens is 1. The number of methoxy groups -OCH3 is 1. The fraction of sp³-hybridized carbons (Fsp3) is 0.304. The molecule has 158 valence electrons. The van der Waals surface area contributed by atoms with Crippen molar-refractivity contribution in [1.29, 1.82) is 0 Å². The van der Waals surface area contributed by atoms with Gasteiger partial charge in [0.15, 0.2) is 11.5 Å². The topological polar surface area (TPSA) is 51.7 Å². The van der Waals surface area contributed by atoms with Crippen LogP contribution in [0.4, 0.5) is 4.39 Å². The monoisotopic (exact) mass is 428 g/mol. The van der Waals surface area contributed by atoms with E-state index in [9.17, 15) is 9.18 Å². The summed E-state index contributed by atoms with van der Waals surface area (Å²) in [6, 6.07) is 13.4. The summed E-state index contributed by atoms with van der Waals surface area (Å²) in [5, 5.41) is 2.70. The van der Waals surface area contributed by atoms with E-state index in [1.165, 1.54) is 23.5 Å². The molecule has 0 aliphatic carbocycles. The first-order valence-corrected chi connectivity index (χ1v) is 10.7. The highest BCUT2D eigenvalue weighted by Crippen LogP contribution is 2.27. The van der Waals surface area contributed by atoms with Crippen LogP contribution in [0, 0.1) is 5.82 Å². The zero-order valence-corrected chi connectivity index (χ0v) is 18.1. The quantitative estimate of drug-likeness (QED) is 0.463. The second kappa shape index (κ2) is 10.2. The lowest BCUT2D eigenvalue weighted by atomic mass is 10.1. The molecule has 30 heavy (non-hydrogen) atoms. The lowest BCUT2D eigenvalue weighted by Gasteiger charge is -2.28. The van der Waals surface area contributed by atoms with Crippen LogP contribution in [0.5, 0.6) is 11.5 Å². The molecule has 0 bridgehead atoms. The largest absolute Gasteiger partial charge is 0.493 e. The van der Waals surface area contributed by atoms with Crippen LogP contribution >= 0.6 is 11.3 Å². The smallest absolute Gasteiger partial charge is 0.257 e. The Hall–Kier alpha value is -2.93. The van der Waals surface area contributed by atoms with Gasteiger partial charge in [-0.1, -0.05) is 31.2 Å². The summed E-state index contributed by atoms with van der Waals surface area (Å²) < 4.78 is 25.3. The third-order valence-electron chi connectivity index (χ3n) is 4.84. The van der Waals surface area contributed by atoms with Crippen molar-refractivity contribution < 1.29 is 18.7 Å². The first kappa shape index (κ1) is 21.8. The summed E-state index contributed by atoms with van der Waals surface area (Å²) >= 11 is 1.47. The lowest BCUT2D eigenvalue weighted by Crippen LogP contribution is -2.38. The van der Waals surface area contributed by atoms with Crippen LogP contribution < -0.4 is 9.47 Å². The van der Waals surface area contributed by atoms with Crippen molar-refractivity contribution in [3.63, 3.8) is 0 Å². The number of aromatic nitrogens is 1. The molecule has 0 saturated carbocycles. The number of hydrogen-bond donors (Lipinski definition) is 0. The Morgan fingerprint density at radius 1 is 1.17 bits per heavy atom. The second-order valence-electron chi connectivity index (χ2n) is 6.84. The van der Waals surface area contributed by atoms with Crippen molar-refractivity contribution in [2.45, 2.75) is 39.5 Å². The molecule has 5 nitrogen and oxygen atoms in total. The van der Waals surface area contributed by atoms with Crippen LogP contribution in [0.3, 0.4) is 0 Å². The number of carbonyl (C=O) groups excluding carboxylic acids is 1. The van der Waals surface area contributed by atoms with E-state index in [1.807, 2.05) is 43.5 Å². The molecule has 0 unspecified atom stereocenters. The minimum atomic E-state index is -0.514. The maximum absolute atomic E-state index is 14.1. The molecular weight excluding hydrogens is 403 g/mol. The van der Waals surface area contributed by atoms with Crippen LogP contribution in [-0.2, 0) is 13.2 Å². The Morgan fingerprint density at radius 3 is 2.57 bits per heavy atom. The van der Waals surface area contributed by atoms with Gasteiger partial charge in [-0.3, -0.25) is 4.79 Å². The molecule has 0 N–H and O–H groups in total. The highest BCUT2D eigenvalue weighted by Gasteiger charge is 2.24. The van der Waals surface area contributed by atoms with Crippen LogP contribution in [0.2, 0.25) is 0 Å². The van der Waals surface area contributed by atoms with Crippen molar-refractivity contribution in [3.05, 3.63) is 76.0 Å². The molecule has 0 radical (unpaired) electrons. The number of carbonyl (C=O) groups is 1. The van der Waals surface area contributed by atoms with E-state index in [0.717, 1.165) is 17.1 Å². The zero-order valence-electron chi connectivity index (χ0n) is 17.3. The van der Waals surface area contributed by atoms with Gasteiger partial charge in [0.2, 0.25) is 0 Å². The number of ether oxygens (including phenoxy) is 2. The Bertz CT molecular complexity index is 992. The third-order valence-corrected chi connectivity index (χ3v) is 5.71. The predicted molar refractivity (Wildman–Crippen MR) is 115 cm³/mol. The maximum Gasteiger partial charge on any atom is 0.257 e. The van der Waals surface area contributed by atoms with Gasteiger partial charge < -0.3 is 14.4 Å². The highest BCUT2D eigenvalue weighted by atomic mass is 32.1. The average Bonchev–Trinajstić information content (AvgIpc) is 3.23. The summed E-state index contributed by atoms with van der Waals surface area (Å²) in [6.45, 7) is 4.57. The Kier molecular flexibility index (Phi) is 7.41. The van der Waals surface area contributed by atoms with Crippen molar-refractivity contribution in [2.75, 3.05) is 7.11 Å². The third kappa shape index (κ3) is 5.16. The fourth-order valence-electron chi connectivity index (χ4n) is 2.98. The Labute approximate surface area is 180 Å². The number of rotatable bonds is 9. The molecule has 0 fully saturated rings. The van der Waals surface area contributed by atoms with Crippen LogP contribution in [0.15, 0.2) is 53.9 Å². The predicted octanol–water partition coefficient (Wildman–Crippen LogP) is 5.31. The Morgan fingerprint density at radius 2 is 1.87 bits per heavy atom. The second-order valence-corrected chi connectivity index (χ2v) is 7.78. The van der Waals surface area contributed by atoms with Crippen molar-refractivity contribution in [1.82, 2.24) is 9.88 Å². The van der Waals surface area contributed by atoms with E-state index in [4.69, 9.17) is 9.47 Å². The zero-order chi connectivity index (χ0) is 21.5. The summed E-state index contributed by atoms with van der Waals surface area (Å²) in [5.41, 5.74) is 0.830. The Balaban J connectivity index is 1.71. The van der Waals surface area contributed by atoms with Crippen LogP contribution in [-0.4, -0.2) is 28.9 Å². The standard InChI is InChI=1S/C23H25FN2O3S/c1-4-16(2)26(23(27)18-9-5-6-10-19(18)24)13-17-15-30-22(25-17)14-29-21-12-8-7-11-20(21)28-3/h5-12,15-16H,4,13-14H2,1-3H3/t16-/m1/s1. The molecule has 0 aliphatic heterocycles. The molecule has 2 aromatic carbocycles. The highest BCUT2D eigenvalue weighted by molar-refractivity contribution is 7.09. The number of nitrogens with zero attached hydrogens (tertiary/aromatic N) is 2. The number of thiazole rings is 1. The van der Waals surface area contributed by atoms with Crippen LogP contribution in [0.1, 0.15) is 41.3 Å². The van der Waals surface area contributed by atoms with E-state index < -0.39 is 5.82 Å². The van der Waals surface area contributed by atoms with Gasteiger partial charge in [0.05, 0.1) is 24.9 Å². The van der Waals surface area contributed by atoms with Gasteiger partial charge in [0, 0.05) is 11.4 Å². The molecular formula is C23H25FN2O3S. The van der Waals surface area contributed by atoms with Gasteiger partial charge in [-0.05, 0) is 37.6 Å². The maximum atomic E-state index is 14.1. The van der Waals surface area contributed by atoms with Crippen molar-refractivity contribution >= 4 is 17.2 Å². The van der Waals surface area contributed by atoms with E-state index >= 15 is 0 Å². The summed E-state index contributed by atoms with van der Waals surface area (Å²) in [7, 11) is 1.60. The van der Waals surface area contributed by atoms with Crippen molar-refractivity contribution in [2.24, 2.45) is 0 Å². The molecule has 1 atom stereocenters. The van der Waals surface area contributed by atoms with Gasteiger partial charge in [-0.2, -0.15) is 0 Å². The molecule has 0 spiro atoms. The summed E-state index contributed by atoms with van der Waals surface area (Å²) in [6.07, 6.45) is 0.758. The van der Waals surface area contributed by atoms with E-state index in [2.05, 4.69) is 4.98 Å². The molecule has 0 saturated heterocycles. The van der Waals surface area contributed by atoms with E-state index in [0.29, 0.717) is 24.7 Å². The van der Waals surface area contributed by atoms with Gasteiger partial charge in [-0.25, -0.2) is 9.37 Å². The number of hydrogen-bond acceptors (Lipinski definition) is 5. The molecule has 3 aromatic rings. The van der Waals surface area contributed by atoms with Gasteiger partial charge in [0.25, 0.3) is 5.91 Å². The number of benzene rings is 2. The lowest BCUT2D eigenvalue weighted by molar-refractivity contribution is 0.0664. The van der Waals surface area contributed by atoms with Gasteiger partial charge in [-0.15, -0.1) is 11.3 Å². The minimum Gasteiger partial charge on any atom is -0.493 e. The van der Waals surface area contributed by atoms with Gasteiger partial charge in [0.1, 0.15) is 17.4 Å². The number of para-hydroxylation sites is 2. The molecule has 7 heteroatoms. The van der Waals surface area contributed by atoms with Crippen LogP contribution in [0.25, 0.3) is 0 Å². The minimum absolute atomic E-state index is 0.0490. The van der Waals surface area contributed by atoms with E-state index in [1.54, 1.807) is 24.1 Å². The fourth-order valence-corrected chi connectivity index (χ4v) is 3.67. The molecule has 0 aliphatic rings. The normalized spacial score (nSPS) is 11.7. The molecule has 3 rings (SSSR count). The van der Waals surface area contributed by atoms with Gasteiger partial charge >= 0.3 is 0 Å². The number of amides is 1. The molecule has 1 amide bonds.